The van der Waals surface area contributed by atoms with E-state index < -0.39 is 0 Å². The molecule has 6 nitrogen and oxygen atoms in total. The summed E-state index contributed by atoms with van der Waals surface area (Å²) in [5, 5.41) is 16.9. The van der Waals surface area contributed by atoms with Crippen LogP contribution in [0.3, 0.4) is 0 Å². The average molecular weight is 406 g/mol. The number of benzene rings is 2. The minimum absolute atomic E-state index is 0.257. The van der Waals surface area contributed by atoms with E-state index in [4.69, 9.17) is 9.78 Å². The standard InChI is InChI=1S/C20H14N4O2S2/c1-12-19(27-10-9-21)28-20(22-12)23-18(25)14-7-8-16-15(11-14)17(26-24-16)13-5-3-2-4-6-13/h2-8,11H,10H2,1H3,(H,22,23,25). The van der Waals surface area contributed by atoms with E-state index in [1.807, 2.05) is 37.3 Å². The Balaban J connectivity index is 1.61. The van der Waals surface area contributed by atoms with Crippen LogP contribution in [0.15, 0.2) is 57.3 Å². The number of nitrogens with one attached hydrogen (secondary N) is 1. The van der Waals surface area contributed by atoms with E-state index in [9.17, 15) is 4.79 Å². The Morgan fingerprint density at radius 1 is 1.29 bits per heavy atom. The van der Waals surface area contributed by atoms with E-state index in [1.54, 1.807) is 18.2 Å². The molecule has 1 N–H and O–H groups in total. The van der Waals surface area contributed by atoms with Crippen molar-refractivity contribution in [3.05, 3.63) is 59.8 Å². The smallest absolute Gasteiger partial charge is 0.257 e. The molecule has 0 aliphatic rings. The summed E-state index contributed by atoms with van der Waals surface area (Å²) in [6, 6.07) is 17.0. The number of thiazole rings is 1. The highest BCUT2D eigenvalue weighted by Gasteiger charge is 2.16. The number of nitrogens with zero attached hydrogens (tertiary/aromatic N) is 3. The molecule has 0 aliphatic carbocycles. The highest BCUT2D eigenvalue weighted by Crippen LogP contribution is 2.33. The number of aryl methyl sites for hydroxylation is 1. The van der Waals surface area contributed by atoms with E-state index in [-0.39, 0.29) is 5.91 Å². The largest absolute Gasteiger partial charge is 0.355 e. The van der Waals surface area contributed by atoms with Crippen molar-refractivity contribution in [2.24, 2.45) is 0 Å². The first-order valence-electron chi connectivity index (χ1n) is 8.39. The Hall–Kier alpha value is -3.15. The zero-order valence-corrected chi connectivity index (χ0v) is 16.4. The molecule has 0 aliphatic heterocycles. The number of thioether (sulfide) groups is 1. The molecule has 0 spiro atoms. The zero-order valence-electron chi connectivity index (χ0n) is 14.8. The fourth-order valence-corrected chi connectivity index (χ4v) is 4.51. The Morgan fingerprint density at radius 2 is 2.11 bits per heavy atom. The summed E-state index contributed by atoms with van der Waals surface area (Å²) in [5.74, 6) is 0.723. The first-order chi connectivity index (χ1) is 13.7. The lowest BCUT2D eigenvalue weighted by Crippen LogP contribution is -2.11. The number of fused-ring (bicyclic) bond motifs is 1. The number of carbonyl (C=O) groups excluding carboxylic acids is 1. The van der Waals surface area contributed by atoms with Crippen molar-refractivity contribution in [1.29, 1.82) is 5.26 Å². The molecule has 1 amide bonds. The molecule has 0 saturated carbocycles. The molecule has 28 heavy (non-hydrogen) atoms. The summed E-state index contributed by atoms with van der Waals surface area (Å²) in [4.78, 5) is 17.1. The van der Waals surface area contributed by atoms with Crippen LogP contribution in [0.5, 0.6) is 0 Å². The second-order valence-electron chi connectivity index (χ2n) is 5.90. The summed E-state index contributed by atoms with van der Waals surface area (Å²) >= 11 is 2.78. The van der Waals surface area contributed by atoms with Crippen LogP contribution in [0, 0.1) is 18.3 Å². The maximum atomic E-state index is 12.7. The summed E-state index contributed by atoms with van der Waals surface area (Å²) in [6.45, 7) is 1.86. The van der Waals surface area contributed by atoms with Gasteiger partial charge < -0.3 is 4.52 Å². The molecule has 2 heterocycles. The SMILES string of the molecule is Cc1nc(NC(=O)c2ccc3noc(-c4ccccc4)c3c2)sc1SCC#N. The van der Waals surface area contributed by atoms with Gasteiger partial charge in [-0.2, -0.15) is 5.26 Å². The second kappa shape index (κ2) is 7.84. The molecular formula is C20H14N4O2S2. The van der Waals surface area contributed by atoms with E-state index in [2.05, 4.69) is 21.5 Å². The van der Waals surface area contributed by atoms with E-state index in [0.717, 1.165) is 20.9 Å². The predicted octanol–water partition coefficient (Wildman–Crippen LogP) is 5.13. The third-order valence-electron chi connectivity index (χ3n) is 4.02. The number of aromatic nitrogens is 2. The minimum atomic E-state index is -0.257. The Morgan fingerprint density at radius 3 is 2.89 bits per heavy atom. The number of hydrogen-bond donors (Lipinski definition) is 1. The summed E-state index contributed by atoms with van der Waals surface area (Å²) < 4.78 is 6.42. The predicted molar refractivity (Wildman–Crippen MR) is 111 cm³/mol. The first-order valence-corrected chi connectivity index (χ1v) is 10.2. The van der Waals surface area contributed by atoms with Gasteiger partial charge in [-0.1, -0.05) is 58.6 Å². The van der Waals surface area contributed by atoms with Gasteiger partial charge in [0.2, 0.25) is 0 Å². The molecule has 0 unspecified atom stereocenters. The highest BCUT2D eigenvalue weighted by molar-refractivity contribution is 8.01. The van der Waals surface area contributed by atoms with Crippen LogP contribution in [0.25, 0.3) is 22.2 Å². The third-order valence-corrected chi connectivity index (χ3v) is 6.32. The maximum absolute atomic E-state index is 12.7. The van der Waals surface area contributed by atoms with Gasteiger partial charge in [-0.15, -0.1) is 0 Å². The lowest BCUT2D eigenvalue weighted by Gasteiger charge is -2.02. The second-order valence-corrected chi connectivity index (χ2v) is 8.15. The van der Waals surface area contributed by atoms with Crippen LogP contribution in [-0.2, 0) is 0 Å². The molecule has 0 radical (unpaired) electrons. The molecule has 2 aromatic heterocycles. The van der Waals surface area contributed by atoms with Gasteiger partial charge in [0.1, 0.15) is 5.52 Å². The van der Waals surface area contributed by atoms with Crippen LogP contribution in [-0.4, -0.2) is 21.8 Å². The van der Waals surface area contributed by atoms with Crippen LogP contribution in [0.2, 0.25) is 0 Å². The Labute approximate surface area is 169 Å². The summed E-state index contributed by atoms with van der Waals surface area (Å²) in [7, 11) is 0. The quantitative estimate of drug-likeness (QED) is 0.462. The van der Waals surface area contributed by atoms with Crippen LogP contribution < -0.4 is 5.32 Å². The van der Waals surface area contributed by atoms with Crippen molar-refractivity contribution in [3.8, 4) is 17.4 Å². The van der Waals surface area contributed by atoms with Gasteiger partial charge in [0, 0.05) is 11.1 Å². The Bertz CT molecular complexity index is 1190. The normalized spacial score (nSPS) is 10.7. The molecule has 0 saturated heterocycles. The van der Waals surface area contributed by atoms with Crippen molar-refractivity contribution in [2.75, 3.05) is 11.1 Å². The molecule has 8 heteroatoms. The van der Waals surface area contributed by atoms with E-state index >= 15 is 0 Å². The zero-order chi connectivity index (χ0) is 19.5. The monoisotopic (exact) mass is 406 g/mol. The van der Waals surface area contributed by atoms with Gasteiger partial charge in [0.05, 0.1) is 27.1 Å². The van der Waals surface area contributed by atoms with Crippen molar-refractivity contribution < 1.29 is 9.32 Å². The van der Waals surface area contributed by atoms with Crippen molar-refractivity contribution in [1.82, 2.24) is 10.1 Å². The number of nitriles is 1. The molecular weight excluding hydrogens is 392 g/mol. The fraction of sp³-hybridized carbons (Fsp3) is 0.100. The van der Waals surface area contributed by atoms with Gasteiger partial charge in [0.25, 0.3) is 5.91 Å². The lowest BCUT2D eigenvalue weighted by atomic mass is 10.1. The van der Waals surface area contributed by atoms with Crippen LogP contribution in [0.1, 0.15) is 16.1 Å². The number of carbonyl (C=O) groups is 1. The lowest BCUT2D eigenvalue weighted by molar-refractivity contribution is 0.102. The molecule has 0 fully saturated rings. The highest BCUT2D eigenvalue weighted by atomic mass is 32.2. The van der Waals surface area contributed by atoms with Crippen molar-refractivity contribution in [2.45, 2.75) is 11.1 Å². The topological polar surface area (TPSA) is 91.8 Å². The molecule has 0 atom stereocenters. The number of anilines is 1. The van der Waals surface area contributed by atoms with E-state index in [0.29, 0.717) is 27.7 Å². The number of rotatable bonds is 5. The molecule has 4 aromatic rings. The van der Waals surface area contributed by atoms with Gasteiger partial charge in [-0.3, -0.25) is 10.1 Å². The summed E-state index contributed by atoms with van der Waals surface area (Å²) in [6.07, 6.45) is 0. The summed E-state index contributed by atoms with van der Waals surface area (Å²) in [5.41, 5.74) is 2.89. The maximum Gasteiger partial charge on any atom is 0.257 e. The van der Waals surface area contributed by atoms with Crippen LogP contribution >= 0.6 is 23.1 Å². The fourth-order valence-electron chi connectivity index (χ4n) is 2.72. The minimum Gasteiger partial charge on any atom is -0.355 e. The average Bonchev–Trinajstić information content (AvgIpc) is 3.29. The molecule has 2 aromatic carbocycles. The molecule has 0 bridgehead atoms. The molecule has 4 rings (SSSR count). The number of hydrogen-bond acceptors (Lipinski definition) is 7. The van der Waals surface area contributed by atoms with E-state index in [1.165, 1.54) is 23.1 Å². The first kappa shape index (κ1) is 18.2. The third kappa shape index (κ3) is 3.63. The Kier molecular flexibility index (Phi) is 5.10. The van der Waals surface area contributed by atoms with Crippen molar-refractivity contribution >= 4 is 45.0 Å². The van der Waals surface area contributed by atoms with Crippen molar-refractivity contribution in [3.63, 3.8) is 0 Å². The van der Waals surface area contributed by atoms with Gasteiger partial charge >= 0.3 is 0 Å². The number of amides is 1. The van der Waals surface area contributed by atoms with Crippen LogP contribution in [0.4, 0.5) is 5.13 Å². The molecule has 138 valence electrons. The van der Waals surface area contributed by atoms with Gasteiger partial charge in [-0.25, -0.2) is 4.98 Å². The van der Waals surface area contributed by atoms with Gasteiger partial charge in [0.15, 0.2) is 10.9 Å². The van der Waals surface area contributed by atoms with Gasteiger partial charge in [-0.05, 0) is 25.1 Å².